The van der Waals surface area contributed by atoms with Gasteiger partial charge in [0.1, 0.15) is 34.9 Å². The predicted octanol–water partition coefficient (Wildman–Crippen LogP) is 6.49. The Balaban J connectivity index is 1.51. The van der Waals surface area contributed by atoms with Gasteiger partial charge in [-0.1, -0.05) is 0 Å². The topological polar surface area (TPSA) is 163 Å². The summed E-state index contributed by atoms with van der Waals surface area (Å²) in [6, 6.07) is 16.9. The molecule has 9 heterocycles. The van der Waals surface area contributed by atoms with Crippen LogP contribution in [-0.2, 0) is 6.54 Å². The number of hydrogen-bond acceptors (Lipinski definition) is 9. The summed E-state index contributed by atoms with van der Waals surface area (Å²) in [5.74, 6) is 0. The smallest absolute Gasteiger partial charge is 0.104 e. The van der Waals surface area contributed by atoms with Crippen LogP contribution in [-0.4, -0.2) is 38.6 Å². The number of nitriles is 3. The molecule has 0 atom stereocenters. The Kier molecular flexibility index (Phi) is 5.83. The molecule has 1 aliphatic rings. The van der Waals surface area contributed by atoms with Crippen molar-refractivity contribution in [3.63, 3.8) is 0 Å². The highest BCUT2D eigenvalue weighted by atomic mass is 15.1. The third kappa shape index (κ3) is 3.66. The van der Waals surface area contributed by atoms with Crippen LogP contribution in [0.3, 0.4) is 0 Å². The fourth-order valence-electron chi connectivity index (χ4n) is 7.74. The van der Waals surface area contributed by atoms with Gasteiger partial charge in [-0.05, 0) is 42.6 Å². The summed E-state index contributed by atoms with van der Waals surface area (Å²) in [6.07, 6.45) is 21.0. The molecule has 0 saturated heterocycles. The Labute approximate surface area is 288 Å². The fourth-order valence-corrected chi connectivity index (χ4v) is 7.74. The number of fused-ring (bicyclic) bond motifs is 9. The Morgan fingerprint density at radius 2 is 0.843 bits per heavy atom. The van der Waals surface area contributed by atoms with E-state index in [-0.39, 0.29) is 16.7 Å². The maximum Gasteiger partial charge on any atom is 0.104 e. The lowest BCUT2D eigenvalue weighted by Crippen LogP contribution is -2.18. The zero-order valence-electron chi connectivity index (χ0n) is 26.4. The van der Waals surface area contributed by atoms with Crippen LogP contribution in [0.1, 0.15) is 27.9 Å². The van der Waals surface area contributed by atoms with Crippen LogP contribution < -0.4 is 5.32 Å². The van der Waals surface area contributed by atoms with Crippen LogP contribution in [0.2, 0.25) is 0 Å². The zero-order chi connectivity index (χ0) is 34.2. The van der Waals surface area contributed by atoms with Gasteiger partial charge in [0, 0.05) is 63.5 Å². The van der Waals surface area contributed by atoms with Crippen molar-refractivity contribution in [1.29, 1.82) is 15.8 Å². The molecule has 0 amide bonds. The molecule has 1 aliphatic heterocycles. The minimum atomic E-state index is 0.117. The van der Waals surface area contributed by atoms with E-state index in [1.54, 1.807) is 62.0 Å². The van der Waals surface area contributed by atoms with Crippen molar-refractivity contribution in [3.8, 4) is 35.3 Å². The Morgan fingerprint density at radius 1 is 0.490 bits per heavy atom. The van der Waals surface area contributed by atoms with Crippen molar-refractivity contribution in [3.05, 3.63) is 126 Å². The Hall–Kier alpha value is -7.88. The molecule has 0 bridgehead atoms. The van der Waals surface area contributed by atoms with E-state index in [2.05, 4.69) is 48.4 Å². The van der Waals surface area contributed by atoms with E-state index in [0.29, 0.717) is 51.2 Å². The molecule has 51 heavy (non-hydrogen) atoms. The summed E-state index contributed by atoms with van der Waals surface area (Å²) in [4.78, 5) is 22.3. The number of hydrogen-bond donors (Lipinski definition) is 1. The lowest BCUT2D eigenvalue weighted by molar-refractivity contribution is 0.800. The van der Waals surface area contributed by atoms with Gasteiger partial charge in [0.05, 0.1) is 87.9 Å². The van der Waals surface area contributed by atoms with Gasteiger partial charge in [-0.3, -0.25) is 24.9 Å². The van der Waals surface area contributed by atoms with E-state index < -0.39 is 0 Å². The van der Waals surface area contributed by atoms with Gasteiger partial charge in [0.15, 0.2) is 0 Å². The lowest BCUT2D eigenvalue weighted by atomic mass is 9.96. The minimum Gasteiger partial charge on any atom is -0.385 e. The van der Waals surface area contributed by atoms with E-state index in [4.69, 9.17) is 0 Å². The highest BCUT2D eigenvalue weighted by Gasteiger charge is 2.33. The molecule has 236 valence electrons. The molecule has 9 aromatic rings. The van der Waals surface area contributed by atoms with E-state index in [1.807, 2.05) is 56.3 Å². The third-order valence-corrected chi connectivity index (χ3v) is 9.72. The largest absolute Gasteiger partial charge is 0.385 e. The summed E-state index contributed by atoms with van der Waals surface area (Å²) in [6.45, 7) is 0.424. The van der Waals surface area contributed by atoms with Gasteiger partial charge in [-0.25, -0.2) is 0 Å². The Bertz CT molecular complexity index is 2880. The van der Waals surface area contributed by atoms with E-state index in [1.165, 1.54) is 0 Å². The maximum absolute atomic E-state index is 11.3. The average molecular weight is 657 g/mol. The molecular weight excluding hydrogens is 637 g/mol. The SMILES string of the molecule is N#Cc1c(-n2c3c(c4ccncc42)C=CNC3)c(C#N)c(-n2c3cnccc3c3ccncc32)c(C#N)c1-n1c2cnccc2c2ccncc21. The monoisotopic (exact) mass is 656 g/mol. The molecule has 0 spiro atoms. The molecule has 12 nitrogen and oxygen atoms in total. The van der Waals surface area contributed by atoms with Crippen LogP contribution in [0.15, 0.2) is 98.5 Å². The highest BCUT2D eigenvalue weighted by Crippen LogP contribution is 2.44. The second kappa shape index (κ2) is 10.6. The first-order chi connectivity index (χ1) is 25.2. The molecule has 0 unspecified atom stereocenters. The van der Waals surface area contributed by atoms with Crippen molar-refractivity contribution in [2.45, 2.75) is 6.54 Å². The molecule has 0 aliphatic carbocycles. The van der Waals surface area contributed by atoms with Gasteiger partial charge in [-0.15, -0.1) is 0 Å². The second-order valence-corrected chi connectivity index (χ2v) is 12.1. The minimum absolute atomic E-state index is 0.117. The summed E-state index contributed by atoms with van der Waals surface area (Å²) in [5.41, 5.74) is 6.49. The first-order valence-electron chi connectivity index (χ1n) is 15.9. The molecule has 0 fully saturated rings. The zero-order valence-corrected chi connectivity index (χ0v) is 26.4. The normalized spacial score (nSPS) is 12.3. The van der Waals surface area contributed by atoms with Crippen molar-refractivity contribution in [2.75, 3.05) is 0 Å². The molecule has 0 saturated carbocycles. The van der Waals surface area contributed by atoms with E-state index >= 15 is 0 Å². The van der Waals surface area contributed by atoms with Gasteiger partial charge >= 0.3 is 0 Å². The maximum atomic E-state index is 11.3. The molecule has 12 heteroatoms. The van der Waals surface area contributed by atoms with Crippen LogP contribution in [0, 0.1) is 34.0 Å². The summed E-state index contributed by atoms with van der Waals surface area (Å²) in [5, 5.41) is 41.7. The first-order valence-corrected chi connectivity index (χ1v) is 15.9. The summed E-state index contributed by atoms with van der Waals surface area (Å²) >= 11 is 0. The highest BCUT2D eigenvalue weighted by molar-refractivity contribution is 6.11. The number of rotatable bonds is 3. The first kappa shape index (κ1) is 28.2. The van der Waals surface area contributed by atoms with Crippen LogP contribution in [0.25, 0.3) is 77.7 Å². The third-order valence-electron chi connectivity index (χ3n) is 9.72. The number of pyridine rings is 5. The van der Waals surface area contributed by atoms with Gasteiger partial charge in [0.25, 0.3) is 0 Å². The van der Waals surface area contributed by atoms with E-state index in [9.17, 15) is 15.8 Å². The number of nitrogens with one attached hydrogen (secondary N) is 1. The molecular formula is C39H20N12. The summed E-state index contributed by atoms with van der Waals surface area (Å²) in [7, 11) is 0. The standard InChI is InChI=1S/C39H20N12/c40-13-28-37(49-31-16-43-7-1-22(31)23-2-8-44-17-32(23)49)29(14-41)39(51-35-20-47-11-5-26(35)27-6-12-48-21-36(27)51)30(15-42)38(28)50-33-18-45-9-3-24(33)25-4-10-46-19-34(25)50/h1-12,16-20,48H,21H2. The molecule has 10 rings (SSSR count). The van der Waals surface area contributed by atoms with Crippen LogP contribution >= 0.6 is 0 Å². The van der Waals surface area contributed by atoms with Gasteiger partial charge in [-0.2, -0.15) is 15.8 Å². The molecule has 1 N–H and O–H groups in total. The van der Waals surface area contributed by atoms with Gasteiger partial charge in [0.2, 0.25) is 0 Å². The van der Waals surface area contributed by atoms with Crippen molar-refractivity contribution in [2.24, 2.45) is 0 Å². The second-order valence-electron chi connectivity index (χ2n) is 12.1. The lowest BCUT2D eigenvalue weighted by Gasteiger charge is -2.24. The van der Waals surface area contributed by atoms with Crippen molar-refractivity contribution < 1.29 is 0 Å². The number of nitrogens with zero attached hydrogens (tertiary/aromatic N) is 11. The number of aromatic nitrogens is 8. The Morgan fingerprint density at radius 3 is 1.24 bits per heavy atom. The van der Waals surface area contributed by atoms with Crippen LogP contribution in [0.5, 0.6) is 0 Å². The molecule has 1 aromatic carbocycles. The molecule has 8 aromatic heterocycles. The van der Waals surface area contributed by atoms with Gasteiger partial charge < -0.3 is 19.0 Å². The summed E-state index contributed by atoms with van der Waals surface area (Å²) < 4.78 is 5.68. The van der Waals surface area contributed by atoms with E-state index in [0.717, 1.165) is 38.2 Å². The van der Waals surface area contributed by atoms with Crippen LogP contribution in [0.4, 0.5) is 0 Å². The predicted molar refractivity (Wildman–Crippen MR) is 191 cm³/mol. The fraction of sp³-hybridized carbons (Fsp3) is 0.0256. The van der Waals surface area contributed by atoms with Crippen molar-refractivity contribution >= 4 is 60.6 Å². The number of benzene rings is 1. The average Bonchev–Trinajstić information content (AvgIpc) is 3.82. The van der Waals surface area contributed by atoms with Crippen molar-refractivity contribution in [1.82, 2.24) is 43.9 Å². The quantitative estimate of drug-likeness (QED) is 0.224. The molecule has 0 radical (unpaired) electrons.